The van der Waals surface area contributed by atoms with Crippen LogP contribution in [0.1, 0.15) is 49.7 Å². The number of phenols is 1. The molecule has 0 bridgehead atoms. The fourth-order valence-electron chi connectivity index (χ4n) is 5.87. The van der Waals surface area contributed by atoms with Gasteiger partial charge in [-0.15, -0.1) is 0 Å². The van der Waals surface area contributed by atoms with Crippen LogP contribution in [0.2, 0.25) is 0 Å². The summed E-state index contributed by atoms with van der Waals surface area (Å²) in [5.74, 6) is 2.88. The van der Waals surface area contributed by atoms with E-state index in [1.807, 2.05) is 12.1 Å². The van der Waals surface area contributed by atoms with Crippen molar-refractivity contribution in [2.75, 3.05) is 0 Å². The Hall–Kier alpha value is -1.02. The Morgan fingerprint density at radius 2 is 2.20 bits per heavy atom. The largest absolute Gasteiger partial charge is 0.508 e. The first-order valence-corrected chi connectivity index (χ1v) is 8.14. The zero-order chi connectivity index (χ0) is 13.5. The molecule has 3 aliphatic carbocycles. The molecule has 6 atom stereocenters. The number of phenolic OH excluding ortho intramolecular Hbond substituents is 1. The monoisotopic (exact) mass is 270 g/mol. The van der Waals surface area contributed by atoms with E-state index in [-0.39, 0.29) is 0 Å². The second-order valence-corrected chi connectivity index (χ2v) is 7.67. The van der Waals surface area contributed by atoms with Gasteiger partial charge in [-0.25, -0.2) is 0 Å². The molecule has 4 aliphatic rings. The lowest BCUT2D eigenvalue weighted by atomic mass is 9.55. The molecule has 5 rings (SSSR count). The van der Waals surface area contributed by atoms with E-state index in [4.69, 9.17) is 4.74 Å². The maximum absolute atomic E-state index is 9.70. The van der Waals surface area contributed by atoms with Crippen molar-refractivity contribution in [2.24, 2.45) is 17.3 Å². The Bertz CT molecular complexity index is 581. The average molecular weight is 270 g/mol. The van der Waals surface area contributed by atoms with Crippen LogP contribution in [-0.4, -0.2) is 17.3 Å². The molecule has 1 saturated heterocycles. The lowest BCUT2D eigenvalue weighted by molar-refractivity contribution is 0.00418. The molecule has 2 nitrogen and oxygen atoms in total. The molecule has 2 saturated carbocycles. The first kappa shape index (κ1) is 11.6. The molecule has 0 amide bonds. The van der Waals surface area contributed by atoms with Crippen LogP contribution in [-0.2, 0) is 11.2 Å². The molecule has 1 aromatic rings. The third-order valence-electron chi connectivity index (χ3n) is 6.87. The molecule has 106 valence electrons. The molecule has 20 heavy (non-hydrogen) atoms. The van der Waals surface area contributed by atoms with Crippen molar-refractivity contribution < 1.29 is 9.84 Å². The molecule has 0 aromatic heterocycles. The number of ether oxygens (including phenoxy) is 1. The Kier molecular flexibility index (Phi) is 2.09. The zero-order valence-corrected chi connectivity index (χ0v) is 12.0. The highest BCUT2D eigenvalue weighted by Gasteiger charge is 2.66. The predicted octanol–water partition coefficient (Wildman–Crippen LogP) is 3.63. The predicted molar refractivity (Wildman–Crippen MR) is 76.8 cm³/mol. The normalized spacial score (nSPS) is 48.0. The van der Waals surface area contributed by atoms with Crippen LogP contribution in [0.3, 0.4) is 0 Å². The van der Waals surface area contributed by atoms with E-state index in [9.17, 15) is 5.11 Å². The van der Waals surface area contributed by atoms with Crippen LogP contribution >= 0.6 is 0 Å². The summed E-state index contributed by atoms with van der Waals surface area (Å²) in [5, 5.41) is 9.70. The van der Waals surface area contributed by atoms with Crippen molar-refractivity contribution in [2.45, 2.75) is 57.2 Å². The summed E-state index contributed by atoms with van der Waals surface area (Å²) in [6.07, 6.45) is 7.55. The average Bonchev–Trinajstić information content (AvgIpc) is 3.16. The molecule has 1 aliphatic heterocycles. The van der Waals surface area contributed by atoms with Gasteiger partial charge in [0.2, 0.25) is 0 Å². The number of benzene rings is 1. The summed E-state index contributed by atoms with van der Waals surface area (Å²) >= 11 is 0. The van der Waals surface area contributed by atoms with Crippen molar-refractivity contribution in [3.05, 3.63) is 29.3 Å². The number of aryl methyl sites for hydroxylation is 1. The quantitative estimate of drug-likeness (QED) is 0.730. The molecule has 1 aromatic carbocycles. The van der Waals surface area contributed by atoms with Gasteiger partial charge in [-0.3, -0.25) is 0 Å². The smallest absolute Gasteiger partial charge is 0.115 e. The van der Waals surface area contributed by atoms with Gasteiger partial charge in [0.15, 0.2) is 0 Å². The van der Waals surface area contributed by atoms with Gasteiger partial charge in [0.25, 0.3) is 0 Å². The molecule has 2 heteroatoms. The second kappa shape index (κ2) is 3.59. The van der Waals surface area contributed by atoms with Crippen LogP contribution in [0.5, 0.6) is 5.75 Å². The number of fused-ring (bicyclic) bond motifs is 7. The first-order valence-electron chi connectivity index (χ1n) is 8.14. The van der Waals surface area contributed by atoms with Gasteiger partial charge in [-0.1, -0.05) is 13.0 Å². The van der Waals surface area contributed by atoms with Gasteiger partial charge in [-0.05, 0) is 78.5 Å². The summed E-state index contributed by atoms with van der Waals surface area (Å²) in [7, 11) is 0. The first-order chi connectivity index (χ1) is 9.67. The van der Waals surface area contributed by atoms with E-state index in [1.54, 1.807) is 0 Å². The van der Waals surface area contributed by atoms with Crippen molar-refractivity contribution in [3.63, 3.8) is 0 Å². The van der Waals surface area contributed by atoms with Gasteiger partial charge in [0.1, 0.15) is 5.75 Å². The van der Waals surface area contributed by atoms with E-state index in [0.717, 1.165) is 24.2 Å². The second-order valence-electron chi connectivity index (χ2n) is 7.67. The van der Waals surface area contributed by atoms with E-state index >= 15 is 0 Å². The molecule has 0 radical (unpaired) electrons. The third kappa shape index (κ3) is 1.34. The van der Waals surface area contributed by atoms with Crippen LogP contribution in [0.15, 0.2) is 18.2 Å². The highest BCUT2D eigenvalue weighted by atomic mass is 16.6. The lowest BCUT2D eigenvalue weighted by Crippen LogP contribution is -2.42. The zero-order valence-electron chi connectivity index (χ0n) is 12.0. The van der Waals surface area contributed by atoms with Gasteiger partial charge in [0.05, 0.1) is 12.2 Å². The number of hydrogen-bond acceptors (Lipinski definition) is 2. The van der Waals surface area contributed by atoms with Gasteiger partial charge in [-0.2, -0.15) is 0 Å². The van der Waals surface area contributed by atoms with Gasteiger partial charge in [0, 0.05) is 0 Å². The minimum Gasteiger partial charge on any atom is -0.508 e. The minimum absolute atomic E-state index is 0.429. The van der Waals surface area contributed by atoms with Crippen molar-refractivity contribution in [1.29, 1.82) is 0 Å². The Balaban J connectivity index is 1.54. The van der Waals surface area contributed by atoms with E-state index in [2.05, 4.69) is 13.0 Å². The fraction of sp³-hybridized carbons (Fsp3) is 0.667. The van der Waals surface area contributed by atoms with Crippen LogP contribution < -0.4 is 0 Å². The van der Waals surface area contributed by atoms with Crippen LogP contribution in [0, 0.1) is 17.3 Å². The van der Waals surface area contributed by atoms with E-state index in [1.165, 1.54) is 36.8 Å². The van der Waals surface area contributed by atoms with Crippen molar-refractivity contribution in [3.8, 4) is 5.75 Å². The summed E-state index contributed by atoms with van der Waals surface area (Å²) in [6, 6.07) is 6.06. The molecule has 1 heterocycles. The number of aromatic hydroxyl groups is 1. The summed E-state index contributed by atoms with van der Waals surface area (Å²) in [4.78, 5) is 0. The highest BCUT2D eigenvalue weighted by Crippen LogP contribution is 2.66. The fourth-order valence-corrected chi connectivity index (χ4v) is 5.87. The Morgan fingerprint density at radius 3 is 3.10 bits per heavy atom. The summed E-state index contributed by atoms with van der Waals surface area (Å²) < 4.78 is 5.86. The maximum Gasteiger partial charge on any atom is 0.115 e. The SMILES string of the molecule is C[C@]12CC[C@@H]3c4ccc(O)cc4CC[C@H]3[C@@H]1C[C@@H]1O[C@@H]12. The lowest BCUT2D eigenvalue weighted by Gasteiger charge is -2.49. The van der Waals surface area contributed by atoms with Crippen LogP contribution in [0.25, 0.3) is 0 Å². The number of hydrogen-bond donors (Lipinski definition) is 1. The van der Waals surface area contributed by atoms with E-state index < -0.39 is 0 Å². The summed E-state index contributed by atoms with van der Waals surface area (Å²) in [6.45, 7) is 2.48. The van der Waals surface area contributed by atoms with Crippen molar-refractivity contribution in [1.82, 2.24) is 0 Å². The molecule has 0 spiro atoms. The number of epoxide rings is 1. The van der Waals surface area contributed by atoms with Gasteiger partial charge < -0.3 is 9.84 Å². The molecule has 3 fully saturated rings. The van der Waals surface area contributed by atoms with Gasteiger partial charge >= 0.3 is 0 Å². The molecule has 1 N–H and O–H groups in total. The molecular weight excluding hydrogens is 248 g/mol. The Morgan fingerprint density at radius 1 is 1.30 bits per heavy atom. The third-order valence-corrected chi connectivity index (χ3v) is 6.87. The topological polar surface area (TPSA) is 32.8 Å². The number of rotatable bonds is 0. The molecule has 0 unspecified atom stereocenters. The van der Waals surface area contributed by atoms with E-state index in [0.29, 0.717) is 23.4 Å². The summed E-state index contributed by atoms with van der Waals surface area (Å²) in [5.41, 5.74) is 3.39. The standard InChI is InChI=1S/C18H22O2/c1-18-7-6-13-12-5-3-11(19)8-10(12)2-4-14(13)15(18)9-16-17(18)20-16/h3,5,8,13-17,19H,2,4,6-7,9H2,1H3/t13-,14-,15+,16+,17+,18+/m1/s1. The van der Waals surface area contributed by atoms with Crippen molar-refractivity contribution >= 4 is 0 Å². The molecular formula is C18H22O2. The van der Waals surface area contributed by atoms with Crippen LogP contribution in [0.4, 0.5) is 0 Å². The maximum atomic E-state index is 9.70. The minimum atomic E-state index is 0.429. The highest BCUT2D eigenvalue weighted by molar-refractivity contribution is 5.40. The Labute approximate surface area is 120 Å².